The van der Waals surface area contributed by atoms with Crippen molar-refractivity contribution in [1.82, 2.24) is 10.6 Å². The van der Waals surface area contributed by atoms with E-state index in [1.54, 1.807) is 13.8 Å². The van der Waals surface area contributed by atoms with Gasteiger partial charge < -0.3 is 76.4 Å². The predicted octanol–water partition coefficient (Wildman–Crippen LogP) is -5.60. The van der Waals surface area contributed by atoms with Crippen LogP contribution < -0.4 is 22.1 Å². The maximum Gasteiger partial charge on any atom is 0.220 e. The van der Waals surface area contributed by atoms with Gasteiger partial charge in [0.15, 0.2) is 12.6 Å². The summed E-state index contributed by atoms with van der Waals surface area (Å²) in [6, 6.07) is -3.18. The topological polar surface area (TPSA) is 261 Å². The Hall–Kier alpha value is -1.09. The summed E-state index contributed by atoms with van der Waals surface area (Å²) in [4.78, 5) is 11.8. The van der Waals surface area contributed by atoms with Crippen LogP contribution in [0.3, 0.4) is 0 Å². The molecule has 16 nitrogen and oxygen atoms in total. The number of rotatable bonds is 10. The van der Waals surface area contributed by atoms with Gasteiger partial charge in [0.2, 0.25) is 11.7 Å². The van der Waals surface area contributed by atoms with Crippen molar-refractivity contribution in [2.75, 3.05) is 32.9 Å². The molecule has 0 bridgehead atoms. The summed E-state index contributed by atoms with van der Waals surface area (Å²) in [6.07, 6.45) is -11.0. The zero-order valence-electron chi connectivity index (χ0n) is 22.3. The largest absolute Gasteiger partial charge is 0.394 e. The van der Waals surface area contributed by atoms with Crippen LogP contribution in [0.5, 0.6) is 0 Å². The number of carbonyl (C=O) groups excluding carboxylic acids is 1. The minimum absolute atomic E-state index is 0.155. The van der Waals surface area contributed by atoms with E-state index in [2.05, 4.69) is 10.6 Å². The fourth-order valence-electron chi connectivity index (χ4n) is 5.07. The van der Waals surface area contributed by atoms with Crippen LogP contribution in [0.15, 0.2) is 0 Å². The molecule has 3 fully saturated rings. The van der Waals surface area contributed by atoms with Gasteiger partial charge in [0, 0.05) is 25.9 Å². The molecule has 228 valence electrons. The summed E-state index contributed by atoms with van der Waals surface area (Å²) in [6.45, 7) is 3.27. The van der Waals surface area contributed by atoms with Gasteiger partial charge in [-0.05, 0) is 6.92 Å². The first-order chi connectivity index (χ1) is 18.4. The van der Waals surface area contributed by atoms with Crippen molar-refractivity contribution in [2.24, 2.45) is 17.4 Å². The molecule has 3 aliphatic heterocycles. The van der Waals surface area contributed by atoms with E-state index in [0.29, 0.717) is 0 Å². The van der Waals surface area contributed by atoms with Crippen LogP contribution in [0.25, 0.3) is 0 Å². The first-order valence-electron chi connectivity index (χ1n) is 13.1. The second-order valence-corrected chi connectivity index (χ2v) is 10.4. The highest BCUT2D eigenvalue weighted by molar-refractivity contribution is 5.73. The van der Waals surface area contributed by atoms with Gasteiger partial charge in [-0.25, -0.2) is 0 Å². The monoisotopic (exact) mass is 568 g/mol. The lowest BCUT2D eigenvalue weighted by Crippen LogP contribution is -2.71. The molecule has 1 amide bonds. The van der Waals surface area contributed by atoms with Crippen LogP contribution >= 0.6 is 0 Å². The number of amides is 1. The number of hydrogen-bond donors (Lipinski definition) is 10. The van der Waals surface area contributed by atoms with E-state index in [4.69, 9.17) is 35.2 Å². The molecule has 14 atom stereocenters. The summed E-state index contributed by atoms with van der Waals surface area (Å²) in [5.74, 6) is -3.34. The van der Waals surface area contributed by atoms with Crippen LogP contribution in [0.4, 0.5) is 0 Å². The molecule has 0 aromatic rings. The first kappa shape index (κ1) is 32.4. The molecule has 3 aliphatic rings. The summed E-state index contributed by atoms with van der Waals surface area (Å²) in [5.41, 5.74) is 11.6. The summed E-state index contributed by atoms with van der Waals surface area (Å²) in [7, 11) is 0. The maximum atomic E-state index is 11.8. The highest BCUT2D eigenvalue weighted by Gasteiger charge is 2.55. The van der Waals surface area contributed by atoms with Crippen molar-refractivity contribution in [2.45, 2.75) is 100.0 Å². The maximum absolute atomic E-state index is 11.8. The number of nitrogens with one attached hydrogen (secondary N) is 2. The van der Waals surface area contributed by atoms with Gasteiger partial charge in [-0.15, -0.1) is 0 Å². The number of hydrogen-bond acceptors (Lipinski definition) is 15. The van der Waals surface area contributed by atoms with Crippen molar-refractivity contribution in [1.29, 1.82) is 0 Å². The van der Waals surface area contributed by atoms with E-state index < -0.39 is 111 Å². The molecule has 3 heterocycles. The van der Waals surface area contributed by atoms with Gasteiger partial charge in [-0.2, -0.15) is 0 Å². The van der Waals surface area contributed by atoms with Gasteiger partial charge >= 0.3 is 0 Å². The number of nitrogens with two attached hydrogens (primary N) is 2. The highest BCUT2D eigenvalue weighted by atomic mass is 16.8. The van der Waals surface area contributed by atoms with Gasteiger partial charge in [0.05, 0.1) is 43.6 Å². The number of ether oxygens (including phenoxy) is 5. The zero-order valence-corrected chi connectivity index (χ0v) is 22.3. The Balaban J connectivity index is 1.85. The lowest BCUT2D eigenvalue weighted by atomic mass is 9.89. The Morgan fingerprint density at radius 2 is 1.69 bits per heavy atom. The third-order valence-corrected chi connectivity index (χ3v) is 7.56. The summed E-state index contributed by atoms with van der Waals surface area (Å²) in [5, 5.41) is 69.2. The molecule has 0 saturated carbocycles. The van der Waals surface area contributed by atoms with Gasteiger partial charge in [0.1, 0.15) is 37.1 Å². The standard InChI is InChI=1S/C23H44N4O12/c1-9-12(6-28)36-21(16(17(9)31)27-11(3)30)38-19-13(7-29)37-22(15(18(19)32)26-5-4-24)39-23(34)8-35-10(2)14(25)20(23)33/h9-10,12-22,26,28-29,31-34H,4-8,24-25H2,1-3H3,(H,27,30)/t9-,10-,12?,13?,14?,15?,16?,17-,18+,19+,20+,21-,22-,23+/m0/s1. The smallest absolute Gasteiger partial charge is 0.220 e. The molecular formula is C23H44N4O12. The number of carbonyl (C=O) groups is 1. The molecule has 3 saturated heterocycles. The van der Waals surface area contributed by atoms with Crippen LogP contribution in [0.1, 0.15) is 20.8 Å². The van der Waals surface area contributed by atoms with Crippen molar-refractivity contribution in [3.8, 4) is 0 Å². The SMILES string of the molecule is CC(=O)NC1[C@H](O[C@@H]2C(CO)O[C@@H](O[C@]3(O)CO[C@@H](C)C(N)[C@H]3O)C(NCCN)[C@H]2O)OC(CO)[C@H](C)[C@@H]1O. The molecule has 12 N–H and O–H groups in total. The second kappa shape index (κ2) is 13.7. The van der Waals surface area contributed by atoms with Crippen molar-refractivity contribution < 1.29 is 59.1 Å². The van der Waals surface area contributed by atoms with Crippen LogP contribution in [0, 0.1) is 5.92 Å². The fraction of sp³-hybridized carbons (Fsp3) is 0.957. The van der Waals surface area contributed by atoms with E-state index in [9.17, 15) is 35.4 Å². The number of aliphatic hydroxyl groups excluding tert-OH is 5. The van der Waals surface area contributed by atoms with Crippen LogP contribution in [-0.2, 0) is 28.5 Å². The van der Waals surface area contributed by atoms with E-state index in [1.807, 2.05) is 0 Å². The zero-order chi connectivity index (χ0) is 29.1. The van der Waals surface area contributed by atoms with Crippen LogP contribution in [-0.4, -0.2) is 149 Å². The molecule has 16 heteroatoms. The molecule has 3 rings (SSSR count). The first-order valence-corrected chi connectivity index (χ1v) is 13.1. The fourth-order valence-corrected chi connectivity index (χ4v) is 5.07. The summed E-state index contributed by atoms with van der Waals surface area (Å²) >= 11 is 0. The Morgan fingerprint density at radius 1 is 1.05 bits per heavy atom. The molecular weight excluding hydrogens is 524 g/mol. The number of aliphatic hydroxyl groups is 6. The summed E-state index contributed by atoms with van der Waals surface area (Å²) < 4.78 is 28.9. The third kappa shape index (κ3) is 7.04. The molecule has 0 aliphatic carbocycles. The van der Waals surface area contributed by atoms with E-state index in [1.165, 1.54) is 6.92 Å². The molecule has 5 unspecified atom stereocenters. The van der Waals surface area contributed by atoms with E-state index >= 15 is 0 Å². The Kier molecular flexibility index (Phi) is 11.4. The molecule has 0 aromatic heterocycles. The normalized spacial score (nSPS) is 47.1. The Labute approximate surface area is 226 Å². The molecule has 0 radical (unpaired) electrons. The van der Waals surface area contributed by atoms with Crippen molar-refractivity contribution >= 4 is 5.91 Å². The third-order valence-electron chi connectivity index (χ3n) is 7.56. The highest BCUT2D eigenvalue weighted by Crippen LogP contribution is 2.34. The van der Waals surface area contributed by atoms with Crippen molar-refractivity contribution in [3.05, 3.63) is 0 Å². The molecule has 39 heavy (non-hydrogen) atoms. The Morgan fingerprint density at radius 3 is 2.28 bits per heavy atom. The average molecular weight is 569 g/mol. The van der Waals surface area contributed by atoms with Gasteiger partial charge in [0.25, 0.3) is 0 Å². The van der Waals surface area contributed by atoms with Gasteiger partial charge in [-0.1, -0.05) is 6.92 Å². The quantitative estimate of drug-likeness (QED) is 0.110. The van der Waals surface area contributed by atoms with Crippen molar-refractivity contribution in [3.63, 3.8) is 0 Å². The minimum Gasteiger partial charge on any atom is -0.394 e. The predicted molar refractivity (Wildman–Crippen MR) is 131 cm³/mol. The van der Waals surface area contributed by atoms with Crippen LogP contribution in [0.2, 0.25) is 0 Å². The second-order valence-electron chi connectivity index (χ2n) is 10.4. The van der Waals surface area contributed by atoms with E-state index in [0.717, 1.165) is 0 Å². The van der Waals surface area contributed by atoms with Gasteiger partial charge in [-0.3, -0.25) is 4.79 Å². The lowest BCUT2D eigenvalue weighted by molar-refractivity contribution is -0.394. The van der Waals surface area contributed by atoms with E-state index in [-0.39, 0.29) is 13.1 Å². The minimum atomic E-state index is -2.30. The lowest BCUT2D eigenvalue weighted by Gasteiger charge is -2.50. The molecule has 0 spiro atoms. The molecule has 0 aromatic carbocycles. The Bertz CT molecular complexity index is 800. The average Bonchev–Trinajstić information content (AvgIpc) is 2.90.